The van der Waals surface area contributed by atoms with Crippen LogP contribution in [0.5, 0.6) is 0 Å². The summed E-state index contributed by atoms with van der Waals surface area (Å²) >= 11 is 0. The molecule has 13 heavy (non-hydrogen) atoms. The molecule has 2 heteroatoms. The van der Waals surface area contributed by atoms with Gasteiger partial charge >= 0.3 is 0 Å². The maximum absolute atomic E-state index is 5.22. The lowest BCUT2D eigenvalue weighted by Crippen LogP contribution is -2.34. The highest BCUT2D eigenvalue weighted by molar-refractivity contribution is 5.16. The summed E-state index contributed by atoms with van der Waals surface area (Å²) in [5.74, 6) is 0.727. The van der Waals surface area contributed by atoms with Gasteiger partial charge in [0.2, 0.25) is 0 Å². The molecule has 1 unspecified atom stereocenters. The van der Waals surface area contributed by atoms with E-state index >= 15 is 0 Å². The van der Waals surface area contributed by atoms with Gasteiger partial charge in [-0.25, -0.2) is 0 Å². The molecule has 0 bridgehead atoms. The molecular weight excluding hydrogens is 162 g/mol. The highest BCUT2D eigenvalue weighted by Crippen LogP contribution is 2.69. The second-order valence-corrected chi connectivity index (χ2v) is 5.27. The fourth-order valence-electron chi connectivity index (χ4n) is 2.78. The highest BCUT2D eigenvalue weighted by Gasteiger charge is 2.66. The van der Waals surface area contributed by atoms with Gasteiger partial charge in [-0.1, -0.05) is 27.7 Å². The van der Waals surface area contributed by atoms with Gasteiger partial charge in [-0.3, -0.25) is 0 Å². The zero-order valence-electron chi connectivity index (χ0n) is 9.77. The Labute approximate surface area is 82.0 Å². The first-order chi connectivity index (χ1) is 5.89. The minimum atomic E-state index is 0.444. The molecule has 0 heterocycles. The molecular formula is C11H23NO. The van der Waals surface area contributed by atoms with Gasteiger partial charge in [0.25, 0.3) is 0 Å². The summed E-state index contributed by atoms with van der Waals surface area (Å²) in [5.41, 5.74) is 0.887. The van der Waals surface area contributed by atoms with Gasteiger partial charge in [-0.15, -0.1) is 0 Å². The lowest BCUT2D eigenvalue weighted by Gasteiger charge is -2.17. The van der Waals surface area contributed by atoms with Crippen molar-refractivity contribution in [3.8, 4) is 0 Å². The Bertz CT molecular complexity index is 173. The molecule has 78 valence electrons. The van der Waals surface area contributed by atoms with Crippen LogP contribution in [0, 0.1) is 16.7 Å². The average molecular weight is 185 g/mol. The molecule has 0 spiro atoms. The predicted molar refractivity (Wildman–Crippen MR) is 55.8 cm³/mol. The van der Waals surface area contributed by atoms with Crippen molar-refractivity contribution in [2.24, 2.45) is 16.7 Å². The number of hydrogen-bond acceptors (Lipinski definition) is 2. The molecule has 1 atom stereocenters. The number of ether oxygens (including phenoxy) is 1. The van der Waals surface area contributed by atoms with E-state index in [9.17, 15) is 0 Å². The van der Waals surface area contributed by atoms with Gasteiger partial charge < -0.3 is 10.1 Å². The van der Waals surface area contributed by atoms with Crippen molar-refractivity contribution in [3.63, 3.8) is 0 Å². The van der Waals surface area contributed by atoms with Gasteiger partial charge in [0.1, 0.15) is 0 Å². The monoisotopic (exact) mass is 185 g/mol. The first-order valence-electron chi connectivity index (χ1n) is 5.05. The third kappa shape index (κ3) is 1.50. The van der Waals surface area contributed by atoms with Crippen molar-refractivity contribution in [2.75, 3.05) is 20.8 Å². The number of nitrogens with one attached hydrogen (secondary N) is 1. The van der Waals surface area contributed by atoms with E-state index < -0.39 is 0 Å². The summed E-state index contributed by atoms with van der Waals surface area (Å²) in [6, 6.07) is 0.495. The van der Waals surface area contributed by atoms with E-state index in [1.54, 1.807) is 7.11 Å². The van der Waals surface area contributed by atoms with Crippen LogP contribution in [0.4, 0.5) is 0 Å². The quantitative estimate of drug-likeness (QED) is 0.722. The highest BCUT2D eigenvalue weighted by atomic mass is 16.5. The molecule has 0 saturated heterocycles. The Morgan fingerprint density at radius 3 is 1.92 bits per heavy atom. The SMILES string of the molecule is CNC(COC)C1C(C)(C)C1(C)C. The third-order valence-corrected chi connectivity index (χ3v) is 4.25. The minimum absolute atomic E-state index is 0.444. The van der Waals surface area contributed by atoms with Crippen LogP contribution in [0.1, 0.15) is 27.7 Å². The van der Waals surface area contributed by atoms with Gasteiger partial charge in [0.05, 0.1) is 6.61 Å². The zero-order valence-corrected chi connectivity index (χ0v) is 9.77. The fourth-order valence-corrected chi connectivity index (χ4v) is 2.78. The van der Waals surface area contributed by atoms with E-state index in [2.05, 4.69) is 33.0 Å². The maximum atomic E-state index is 5.22. The van der Waals surface area contributed by atoms with Crippen molar-refractivity contribution in [1.82, 2.24) is 5.32 Å². The third-order valence-electron chi connectivity index (χ3n) is 4.25. The smallest absolute Gasteiger partial charge is 0.0618 e. The van der Waals surface area contributed by atoms with Crippen molar-refractivity contribution in [1.29, 1.82) is 0 Å². The summed E-state index contributed by atoms with van der Waals surface area (Å²) in [5, 5.41) is 3.35. The van der Waals surface area contributed by atoms with E-state index in [-0.39, 0.29) is 0 Å². The lowest BCUT2D eigenvalue weighted by atomic mass is 10.0. The summed E-state index contributed by atoms with van der Waals surface area (Å²) in [4.78, 5) is 0. The van der Waals surface area contributed by atoms with Crippen LogP contribution in [0.3, 0.4) is 0 Å². The van der Waals surface area contributed by atoms with Gasteiger partial charge in [-0.2, -0.15) is 0 Å². The predicted octanol–water partition coefficient (Wildman–Crippen LogP) is 1.90. The minimum Gasteiger partial charge on any atom is -0.383 e. The van der Waals surface area contributed by atoms with Crippen LogP contribution in [-0.2, 0) is 4.74 Å². The van der Waals surface area contributed by atoms with Crippen LogP contribution in [0.25, 0.3) is 0 Å². The van der Waals surface area contributed by atoms with Crippen molar-refractivity contribution < 1.29 is 4.74 Å². The average Bonchev–Trinajstić information content (AvgIpc) is 2.40. The summed E-state index contributed by atoms with van der Waals surface area (Å²) in [6.45, 7) is 10.2. The van der Waals surface area contributed by atoms with E-state index in [1.165, 1.54) is 0 Å². The Kier molecular flexibility index (Phi) is 2.75. The summed E-state index contributed by atoms with van der Waals surface area (Å²) in [6.07, 6.45) is 0. The molecule has 0 amide bonds. The molecule has 1 N–H and O–H groups in total. The van der Waals surface area contributed by atoms with Gasteiger partial charge in [0, 0.05) is 13.2 Å². The van der Waals surface area contributed by atoms with Crippen molar-refractivity contribution >= 4 is 0 Å². The summed E-state index contributed by atoms with van der Waals surface area (Å²) in [7, 11) is 3.79. The topological polar surface area (TPSA) is 21.3 Å². The Balaban J connectivity index is 2.64. The lowest BCUT2D eigenvalue weighted by molar-refractivity contribution is 0.152. The second-order valence-electron chi connectivity index (χ2n) is 5.27. The first-order valence-corrected chi connectivity index (χ1v) is 5.05. The van der Waals surface area contributed by atoms with E-state index in [0.717, 1.165) is 12.5 Å². The molecule has 1 fully saturated rings. The number of rotatable bonds is 4. The fraction of sp³-hybridized carbons (Fsp3) is 1.00. The van der Waals surface area contributed by atoms with Crippen LogP contribution in [-0.4, -0.2) is 26.8 Å². The standard InChI is InChI=1S/C11H23NO/c1-10(2)9(11(10,3)4)8(12-5)7-13-6/h8-9,12H,7H2,1-6H3. The maximum Gasteiger partial charge on any atom is 0.0618 e. The van der Waals surface area contributed by atoms with E-state index in [1.807, 2.05) is 7.05 Å². The van der Waals surface area contributed by atoms with Gasteiger partial charge in [-0.05, 0) is 23.8 Å². The van der Waals surface area contributed by atoms with Gasteiger partial charge in [0.15, 0.2) is 0 Å². The Morgan fingerprint density at radius 2 is 1.69 bits per heavy atom. The van der Waals surface area contributed by atoms with Crippen LogP contribution in [0.15, 0.2) is 0 Å². The largest absolute Gasteiger partial charge is 0.383 e. The first kappa shape index (κ1) is 11.0. The second kappa shape index (κ2) is 3.25. The number of hydrogen-bond donors (Lipinski definition) is 1. The van der Waals surface area contributed by atoms with Crippen molar-refractivity contribution in [2.45, 2.75) is 33.7 Å². The Hall–Kier alpha value is -0.0800. The molecule has 0 aromatic carbocycles. The number of likely N-dealkylation sites (N-methyl/N-ethyl adjacent to an activating group) is 1. The molecule has 1 aliphatic carbocycles. The van der Waals surface area contributed by atoms with Crippen LogP contribution in [0.2, 0.25) is 0 Å². The molecule has 1 aliphatic rings. The Morgan fingerprint density at radius 1 is 1.23 bits per heavy atom. The molecule has 1 saturated carbocycles. The molecule has 1 rings (SSSR count). The summed E-state index contributed by atoms with van der Waals surface area (Å²) < 4.78 is 5.22. The van der Waals surface area contributed by atoms with Crippen LogP contribution >= 0.6 is 0 Å². The normalized spacial score (nSPS) is 27.2. The molecule has 2 nitrogen and oxygen atoms in total. The van der Waals surface area contributed by atoms with E-state index in [0.29, 0.717) is 16.9 Å². The number of methoxy groups -OCH3 is 1. The van der Waals surface area contributed by atoms with Crippen LogP contribution < -0.4 is 5.32 Å². The molecule has 0 aliphatic heterocycles. The molecule has 0 aromatic heterocycles. The van der Waals surface area contributed by atoms with E-state index in [4.69, 9.17) is 4.74 Å². The molecule has 0 radical (unpaired) electrons. The zero-order chi connectivity index (χ0) is 10.3. The van der Waals surface area contributed by atoms with Crippen molar-refractivity contribution in [3.05, 3.63) is 0 Å². The molecule has 0 aromatic rings.